The van der Waals surface area contributed by atoms with Crippen LogP contribution in [-0.2, 0) is 6.42 Å². The van der Waals surface area contributed by atoms with Crippen molar-refractivity contribution in [1.29, 1.82) is 0 Å². The van der Waals surface area contributed by atoms with Gasteiger partial charge in [-0.3, -0.25) is 0 Å². The third kappa shape index (κ3) is 2.82. The molecule has 68 valence electrons. The number of thioether (sulfide) groups is 2. The Balaban J connectivity index is 2.01. The molecule has 0 radical (unpaired) electrons. The molecule has 0 saturated heterocycles. The predicted molar refractivity (Wildman–Crippen MR) is 63.1 cm³/mol. The van der Waals surface area contributed by atoms with Gasteiger partial charge in [0.05, 0.1) is 0 Å². The molecule has 0 unspecified atom stereocenters. The molecule has 0 aliphatic carbocycles. The van der Waals surface area contributed by atoms with Crippen LogP contribution in [0, 0.1) is 0 Å². The summed E-state index contributed by atoms with van der Waals surface area (Å²) in [5, 5.41) is 2.31. The second-order valence-electron chi connectivity index (χ2n) is 2.97. The van der Waals surface area contributed by atoms with Gasteiger partial charge in [-0.15, -0.1) is 23.5 Å². The maximum atomic E-state index is 2.31. The van der Waals surface area contributed by atoms with Gasteiger partial charge in [-0.25, -0.2) is 0 Å². The summed E-state index contributed by atoms with van der Waals surface area (Å²) in [7, 11) is 0. The maximum Gasteiger partial charge on any atom is 0.00714 e. The molecule has 1 aromatic rings. The van der Waals surface area contributed by atoms with E-state index in [0.29, 0.717) is 0 Å². The van der Waals surface area contributed by atoms with Crippen LogP contribution in [-0.4, -0.2) is 11.5 Å². The van der Waals surface area contributed by atoms with Crippen molar-refractivity contribution < 1.29 is 0 Å². The molecular formula is C11H12S2. The maximum absolute atomic E-state index is 2.31. The van der Waals surface area contributed by atoms with E-state index in [9.17, 15) is 0 Å². The number of rotatable bonds is 2. The number of hydrogen-bond donors (Lipinski definition) is 0. The Kier molecular flexibility index (Phi) is 3.39. The van der Waals surface area contributed by atoms with Crippen molar-refractivity contribution in [3.63, 3.8) is 0 Å². The van der Waals surface area contributed by atoms with Crippen LogP contribution in [0.15, 0.2) is 40.6 Å². The van der Waals surface area contributed by atoms with E-state index >= 15 is 0 Å². The Hall–Kier alpha value is -0.340. The minimum Gasteiger partial charge on any atom is -0.132 e. The first-order valence-corrected chi connectivity index (χ1v) is 6.46. The standard InChI is InChI=1S/C11H12S2/c1-2-4-10(5-3-1)8-11-9-12-6-7-13-11/h1-5,9H,6-8H2. The molecule has 0 amide bonds. The van der Waals surface area contributed by atoms with Crippen molar-refractivity contribution in [2.75, 3.05) is 11.5 Å². The van der Waals surface area contributed by atoms with Crippen molar-refractivity contribution in [3.8, 4) is 0 Å². The lowest BCUT2D eigenvalue weighted by atomic mass is 10.1. The van der Waals surface area contributed by atoms with Gasteiger partial charge in [-0.1, -0.05) is 30.3 Å². The number of benzene rings is 1. The van der Waals surface area contributed by atoms with E-state index in [-0.39, 0.29) is 0 Å². The van der Waals surface area contributed by atoms with Gasteiger partial charge in [0.2, 0.25) is 0 Å². The highest BCUT2D eigenvalue weighted by Gasteiger charge is 2.04. The summed E-state index contributed by atoms with van der Waals surface area (Å²) < 4.78 is 0. The normalized spacial score (nSPS) is 16.8. The zero-order valence-electron chi connectivity index (χ0n) is 7.40. The minimum atomic E-state index is 1.11. The van der Waals surface area contributed by atoms with Crippen LogP contribution in [0.1, 0.15) is 5.56 Å². The highest BCUT2D eigenvalue weighted by atomic mass is 32.2. The minimum absolute atomic E-state index is 1.11. The summed E-state index contributed by atoms with van der Waals surface area (Å²) in [6.45, 7) is 0. The first-order valence-electron chi connectivity index (χ1n) is 4.42. The van der Waals surface area contributed by atoms with Crippen LogP contribution in [0.25, 0.3) is 0 Å². The van der Waals surface area contributed by atoms with Crippen LogP contribution in [0.3, 0.4) is 0 Å². The summed E-state index contributed by atoms with van der Waals surface area (Å²) in [5.41, 5.74) is 1.42. The molecule has 0 fully saturated rings. The van der Waals surface area contributed by atoms with Crippen molar-refractivity contribution in [2.45, 2.75) is 6.42 Å². The van der Waals surface area contributed by atoms with E-state index < -0.39 is 0 Å². The third-order valence-electron chi connectivity index (χ3n) is 1.92. The van der Waals surface area contributed by atoms with Crippen molar-refractivity contribution in [3.05, 3.63) is 46.2 Å². The van der Waals surface area contributed by atoms with E-state index in [1.54, 1.807) is 0 Å². The lowest BCUT2D eigenvalue weighted by Crippen LogP contribution is -1.94. The van der Waals surface area contributed by atoms with Crippen molar-refractivity contribution in [1.82, 2.24) is 0 Å². The lowest BCUT2D eigenvalue weighted by Gasteiger charge is -2.11. The number of hydrogen-bond acceptors (Lipinski definition) is 2. The quantitative estimate of drug-likeness (QED) is 0.729. The molecule has 13 heavy (non-hydrogen) atoms. The second kappa shape index (κ2) is 4.77. The van der Waals surface area contributed by atoms with Crippen LogP contribution in [0.2, 0.25) is 0 Å². The Morgan fingerprint density at radius 3 is 2.62 bits per heavy atom. The molecule has 0 nitrogen and oxygen atoms in total. The molecule has 0 aromatic heterocycles. The molecule has 0 spiro atoms. The SMILES string of the molecule is C1=C(Cc2ccccc2)SCCS1. The predicted octanol–water partition coefficient (Wildman–Crippen LogP) is 3.55. The number of allylic oxidation sites excluding steroid dienone is 1. The van der Waals surface area contributed by atoms with Crippen molar-refractivity contribution in [2.24, 2.45) is 0 Å². The van der Waals surface area contributed by atoms with E-state index in [1.165, 1.54) is 22.0 Å². The van der Waals surface area contributed by atoms with Gasteiger partial charge in [0.25, 0.3) is 0 Å². The van der Waals surface area contributed by atoms with Gasteiger partial charge < -0.3 is 0 Å². The first kappa shape index (κ1) is 9.22. The van der Waals surface area contributed by atoms with E-state index in [2.05, 4.69) is 35.7 Å². The van der Waals surface area contributed by atoms with Crippen molar-refractivity contribution >= 4 is 23.5 Å². The third-order valence-corrected chi connectivity index (χ3v) is 4.26. The Morgan fingerprint density at radius 1 is 1.08 bits per heavy atom. The van der Waals surface area contributed by atoms with E-state index in [1.807, 2.05) is 23.5 Å². The summed E-state index contributed by atoms with van der Waals surface area (Å²) in [6, 6.07) is 10.7. The van der Waals surface area contributed by atoms with Crippen LogP contribution in [0.4, 0.5) is 0 Å². The molecular weight excluding hydrogens is 196 g/mol. The molecule has 0 N–H and O–H groups in total. The molecule has 0 atom stereocenters. The largest absolute Gasteiger partial charge is 0.132 e. The molecule has 1 heterocycles. The van der Waals surface area contributed by atoms with E-state index in [0.717, 1.165) is 6.42 Å². The topological polar surface area (TPSA) is 0 Å². The highest BCUT2D eigenvalue weighted by Crippen LogP contribution is 2.29. The van der Waals surface area contributed by atoms with Gasteiger partial charge in [0, 0.05) is 17.9 Å². The van der Waals surface area contributed by atoms with Crippen LogP contribution in [0.5, 0.6) is 0 Å². The first-order chi connectivity index (χ1) is 6.45. The average Bonchev–Trinajstić information content (AvgIpc) is 2.21. The summed E-state index contributed by atoms with van der Waals surface area (Å²) in [5.74, 6) is 2.53. The van der Waals surface area contributed by atoms with Gasteiger partial charge in [0.15, 0.2) is 0 Å². The summed E-state index contributed by atoms with van der Waals surface area (Å²) in [6.07, 6.45) is 1.11. The Labute approximate surface area is 87.8 Å². The van der Waals surface area contributed by atoms with E-state index in [4.69, 9.17) is 0 Å². The molecule has 0 bridgehead atoms. The molecule has 2 heteroatoms. The zero-order chi connectivity index (χ0) is 8.93. The Bertz CT molecular complexity index is 290. The fourth-order valence-corrected chi connectivity index (χ4v) is 3.41. The van der Waals surface area contributed by atoms with Crippen LogP contribution >= 0.6 is 23.5 Å². The van der Waals surface area contributed by atoms with Gasteiger partial charge >= 0.3 is 0 Å². The average molecular weight is 208 g/mol. The zero-order valence-corrected chi connectivity index (χ0v) is 9.03. The fraction of sp³-hybridized carbons (Fsp3) is 0.273. The highest BCUT2D eigenvalue weighted by molar-refractivity contribution is 8.09. The molecule has 1 aliphatic rings. The monoisotopic (exact) mass is 208 g/mol. The lowest BCUT2D eigenvalue weighted by molar-refractivity contribution is 1.25. The van der Waals surface area contributed by atoms with Crippen LogP contribution < -0.4 is 0 Å². The van der Waals surface area contributed by atoms with Gasteiger partial charge in [-0.2, -0.15) is 0 Å². The smallest absolute Gasteiger partial charge is 0.00714 e. The van der Waals surface area contributed by atoms with Gasteiger partial charge in [0.1, 0.15) is 0 Å². The molecule has 0 saturated carbocycles. The summed E-state index contributed by atoms with van der Waals surface area (Å²) >= 11 is 3.94. The molecule has 1 aliphatic heterocycles. The molecule has 2 rings (SSSR count). The molecule has 1 aromatic carbocycles. The summed E-state index contributed by atoms with van der Waals surface area (Å²) in [4.78, 5) is 1.52. The fourth-order valence-electron chi connectivity index (χ4n) is 1.30. The Morgan fingerprint density at radius 2 is 1.92 bits per heavy atom. The second-order valence-corrected chi connectivity index (χ2v) is 5.16. The van der Waals surface area contributed by atoms with Gasteiger partial charge in [-0.05, 0) is 15.9 Å².